The number of nitrogens with one attached hydrogen (secondary N) is 2. The van der Waals surface area contributed by atoms with Crippen LogP contribution in [0.2, 0.25) is 0 Å². The molecule has 146 valence electrons. The van der Waals surface area contributed by atoms with Crippen molar-refractivity contribution in [1.82, 2.24) is 10.6 Å². The molecule has 2 aromatic rings. The third kappa shape index (κ3) is 6.30. The Morgan fingerprint density at radius 1 is 1.07 bits per heavy atom. The fourth-order valence-electron chi connectivity index (χ4n) is 2.83. The lowest BCUT2D eigenvalue weighted by molar-refractivity contribution is 0.297. The van der Waals surface area contributed by atoms with Crippen LogP contribution in [0.4, 0.5) is 0 Å². The first-order chi connectivity index (χ1) is 12.8. The molecule has 0 aromatic heterocycles. The molecule has 1 heterocycles. The topological polar surface area (TPSA) is 54.9 Å². The van der Waals surface area contributed by atoms with Crippen LogP contribution < -0.4 is 20.1 Å². The lowest BCUT2D eigenvalue weighted by Crippen LogP contribution is -2.38. The average molecular weight is 481 g/mol. The van der Waals surface area contributed by atoms with E-state index in [0.717, 1.165) is 36.0 Å². The van der Waals surface area contributed by atoms with E-state index in [2.05, 4.69) is 48.7 Å². The third-order valence-electron chi connectivity index (χ3n) is 4.23. The van der Waals surface area contributed by atoms with Crippen LogP contribution in [0.15, 0.2) is 53.5 Å². The van der Waals surface area contributed by atoms with E-state index in [1.807, 2.05) is 24.3 Å². The Hall–Kier alpha value is -1.96. The molecule has 1 aliphatic rings. The molecule has 1 atom stereocenters. The molecule has 1 unspecified atom stereocenters. The second-order valence-electron chi connectivity index (χ2n) is 6.30. The Kier molecular flexibility index (Phi) is 8.71. The van der Waals surface area contributed by atoms with Crippen LogP contribution in [-0.4, -0.2) is 25.7 Å². The molecule has 3 rings (SSSR count). The first kappa shape index (κ1) is 21.3. The zero-order valence-corrected chi connectivity index (χ0v) is 18.2. The molecule has 1 aliphatic heterocycles. The van der Waals surface area contributed by atoms with Gasteiger partial charge in [0, 0.05) is 13.0 Å². The van der Waals surface area contributed by atoms with Crippen molar-refractivity contribution >= 4 is 29.9 Å². The lowest BCUT2D eigenvalue weighted by Gasteiger charge is -2.18. The summed E-state index contributed by atoms with van der Waals surface area (Å²) in [6.45, 7) is 6.99. The highest BCUT2D eigenvalue weighted by molar-refractivity contribution is 14.0. The molecule has 0 saturated heterocycles. The van der Waals surface area contributed by atoms with Gasteiger partial charge in [0.2, 0.25) is 0 Å². The van der Waals surface area contributed by atoms with E-state index < -0.39 is 0 Å². The van der Waals surface area contributed by atoms with Crippen LogP contribution in [-0.2, 0) is 6.54 Å². The maximum absolute atomic E-state index is 5.76. The van der Waals surface area contributed by atoms with Crippen molar-refractivity contribution < 1.29 is 9.47 Å². The molecule has 0 amide bonds. The molecular weight excluding hydrogens is 453 g/mol. The van der Waals surface area contributed by atoms with Crippen molar-refractivity contribution in [3.05, 3.63) is 59.7 Å². The highest BCUT2D eigenvalue weighted by Gasteiger charge is 2.11. The summed E-state index contributed by atoms with van der Waals surface area (Å²) in [6.07, 6.45) is 0.911. The molecule has 0 saturated carbocycles. The van der Waals surface area contributed by atoms with E-state index in [4.69, 9.17) is 14.5 Å². The van der Waals surface area contributed by atoms with Crippen molar-refractivity contribution in [2.45, 2.75) is 32.9 Å². The minimum Gasteiger partial charge on any atom is -0.490 e. The van der Waals surface area contributed by atoms with Gasteiger partial charge in [0.05, 0.1) is 25.8 Å². The van der Waals surface area contributed by atoms with Gasteiger partial charge in [-0.1, -0.05) is 36.4 Å². The summed E-state index contributed by atoms with van der Waals surface area (Å²) in [6, 6.07) is 16.6. The predicted molar refractivity (Wildman–Crippen MR) is 120 cm³/mol. The van der Waals surface area contributed by atoms with Gasteiger partial charge in [-0.3, -0.25) is 0 Å². The second kappa shape index (κ2) is 11.0. The summed E-state index contributed by atoms with van der Waals surface area (Å²) in [4.78, 5) is 4.72. The quantitative estimate of drug-likeness (QED) is 0.380. The first-order valence-corrected chi connectivity index (χ1v) is 9.24. The van der Waals surface area contributed by atoms with Gasteiger partial charge in [0.15, 0.2) is 17.5 Å². The Morgan fingerprint density at radius 3 is 2.56 bits per heavy atom. The number of hydrogen-bond donors (Lipinski definition) is 2. The van der Waals surface area contributed by atoms with Gasteiger partial charge in [0.1, 0.15) is 0 Å². The summed E-state index contributed by atoms with van der Waals surface area (Å²) in [5, 5.41) is 6.77. The van der Waals surface area contributed by atoms with E-state index in [1.54, 1.807) is 0 Å². The van der Waals surface area contributed by atoms with Gasteiger partial charge in [0.25, 0.3) is 0 Å². The average Bonchev–Trinajstić information content (AvgIpc) is 2.92. The molecule has 5 nitrogen and oxygen atoms in total. The van der Waals surface area contributed by atoms with E-state index in [0.29, 0.717) is 19.8 Å². The van der Waals surface area contributed by atoms with Crippen LogP contribution >= 0.6 is 24.0 Å². The lowest BCUT2D eigenvalue weighted by atomic mass is 10.1. The molecule has 2 aromatic carbocycles. The smallest absolute Gasteiger partial charge is 0.192 e. The van der Waals surface area contributed by atoms with Crippen molar-refractivity contribution in [3.63, 3.8) is 0 Å². The highest BCUT2D eigenvalue weighted by atomic mass is 127. The third-order valence-corrected chi connectivity index (χ3v) is 4.23. The summed E-state index contributed by atoms with van der Waals surface area (Å²) in [5.41, 5.74) is 2.33. The molecular formula is C21H28IN3O2. The minimum atomic E-state index is 0. The van der Waals surface area contributed by atoms with Crippen LogP contribution in [0, 0.1) is 0 Å². The van der Waals surface area contributed by atoms with Crippen LogP contribution in [0.1, 0.15) is 37.4 Å². The normalized spacial score (nSPS) is 14.5. The maximum atomic E-state index is 5.76. The van der Waals surface area contributed by atoms with Crippen LogP contribution in [0.25, 0.3) is 0 Å². The van der Waals surface area contributed by atoms with Gasteiger partial charge in [-0.2, -0.15) is 0 Å². The van der Waals surface area contributed by atoms with Gasteiger partial charge >= 0.3 is 0 Å². The monoisotopic (exact) mass is 481 g/mol. The van der Waals surface area contributed by atoms with E-state index >= 15 is 0 Å². The summed E-state index contributed by atoms with van der Waals surface area (Å²) in [7, 11) is 0. The molecule has 0 aliphatic carbocycles. The number of aliphatic imine (C=N–C) groups is 1. The summed E-state index contributed by atoms with van der Waals surface area (Å²) < 4.78 is 11.4. The predicted octanol–water partition coefficient (Wildman–Crippen LogP) is 4.28. The Morgan fingerprint density at radius 2 is 1.81 bits per heavy atom. The number of guanidine groups is 1. The van der Waals surface area contributed by atoms with E-state index in [9.17, 15) is 0 Å². The van der Waals surface area contributed by atoms with Gasteiger partial charge < -0.3 is 20.1 Å². The van der Waals surface area contributed by atoms with Crippen molar-refractivity contribution in [2.24, 2.45) is 4.99 Å². The van der Waals surface area contributed by atoms with E-state index in [-0.39, 0.29) is 30.0 Å². The SMILES string of the molecule is CCNC(=NCc1ccc2c(c1)OCCCO2)NC(C)c1ccccc1.I. The Bertz CT molecular complexity index is 737. The van der Waals surface area contributed by atoms with Crippen molar-refractivity contribution in [1.29, 1.82) is 0 Å². The Labute approximate surface area is 178 Å². The van der Waals surface area contributed by atoms with Gasteiger partial charge in [-0.15, -0.1) is 24.0 Å². The standard InChI is InChI=1S/C21H27N3O2.HI/c1-3-22-21(24-16(2)18-8-5-4-6-9-18)23-15-17-10-11-19-20(14-17)26-13-7-12-25-19;/h4-6,8-11,14,16H,3,7,12-13,15H2,1-2H3,(H2,22,23,24);1H. The molecule has 2 N–H and O–H groups in total. The summed E-state index contributed by atoms with van der Waals surface area (Å²) >= 11 is 0. The fourth-order valence-corrected chi connectivity index (χ4v) is 2.83. The van der Waals surface area contributed by atoms with Crippen LogP contribution in [0.5, 0.6) is 11.5 Å². The van der Waals surface area contributed by atoms with Crippen LogP contribution in [0.3, 0.4) is 0 Å². The van der Waals surface area contributed by atoms with Crippen molar-refractivity contribution in [2.75, 3.05) is 19.8 Å². The number of rotatable bonds is 5. The number of ether oxygens (including phenoxy) is 2. The maximum Gasteiger partial charge on any atom is 0.192 e. The zero-order valence-electron chi connectivity index (χ0n) is 15.9. The number of benzene rings is 2. The highest BCUT2D eigenvalue weighted by Crippen LogP contribution is 2.30. The summed E-state index contributed by atoms with van der Waals surface area (Å²) in [5.74, 6) is 2.43. The number of fused-ring (bicyclic) bond motifs is 1. The fraction of sp³-hybridized carbons (Fsp3) is 0.381. The minimum absolute atomic E-state index is 0. The molecule has 6 heteroatoms. The second-order valence-corrected chi connectivity index (χ2v) is 6.30. The largest absolute Gasteiger partial charge is 0.490 e. The van der Waals surface area contributed by atoms with Gasteiger partial charge in [-0.05, 0) is 37.1 Å². The molecule has 0 radical (unpaired) electrons. The number of halogens is 1. The molecule has 0 spiro atoms. The van der Waals surface area contributed by atoms with Gasteiger partial charge in [-0.25, -0.2) is 4.99 Å². The van der Waals surface area contributed by atoms with Crippen molar-refractivity contribution in [3.8, 4) is 11.5 Å². The zero-order chi connectivity index (χ0) is 18.2. The molecule has 0 bridgehead atoms. The van der Waals surface area contributed by atoms with E-state index in [1.165, 1.54) is 5.56 Å². The number of hydrogen-bond acceptors (Lipinski definition) is 3. The molecule has 27 heavy (non-hydrogen) atoms. The first-order valence-electron chi connectivity index (χ1n) is 9.24. The number of nitrogens with zero attached hydrogens (tertiary/aromatic N) is 1. The molecule has 0 fully saturated rings. The Balaban J connectivity index is 0.00000261.